The number of Topliss-reactive ketones (excluding diaryl/α,β-unsaturated/α-hetero) is 1. The van der Waals surface area contributed by atoms with Crippen LogP contribution in [-0.4, -0.2) is 23.9 Å². The van der Waals surface area contributed by atoms with Crippen molar-refractivity contribution < 1.29 is 4.79 Å². The number of carbonyl (C=O) groups is 1. The van der Waals surface area contributed by atoms with Gasteiger partial charge in [-0.05, 0) is 43.4 Å². The van der Waals surface area contributed by atoms with E-state index in [0.29, 0.717) is 18.3 Å². The minimum Gasteiger partial charge on any atom is -0.352 e. The Bertz CT molecular complexity index is 671. The predicted molar refractivity (Wildman–Crippen MR) is 86.6 cm³/mol. The summed E-state index contributed by atoms with van der Waals surface area (Å²) in [6.07, 6.45) is 3.63. The van der Waals surface area contributed by atoms with Gasteiger partial charge >= 0.3 is 0 Å². The molecule has 1 saturated heterocycles. The Morgan fingerprint density at radius 3 is 3.00 bits per heavy atom. The zero-order valence-corrected chi connectivity index (χ0v) is 12.5. The highest BCUT2D eigenvalue weighted by atomic mass is 16.1. The second-order valence-corrected chi connectivity index (χ2v) is 5.95. The van der Waals surface area contributed by atoms with Gasteiger partial charge in [-0.2, -0.15) is 0 Å². The summed E-state index contributed by atoms with van der Waals surface area (Å²) in [5.41, 5.74) is 2.89. The normalized spacial score (nSPS) is 22.3. The number of piperidine rings is 1. The van der Waals surface area contributed by atoms with Gasteiger partial charge < -0.3 is 10.3 Å². The third kappa shape index (κ3) is 2.66. The topological polar surface area (TPSA) is 44.9 Å². The van der Waals surface area contributed by atoms with Gasteiger partial charge in [-0.15, -0.1) is 6.58 Å². The van der Waals surface area contributed by atoms with Gasteiger partial charge in [0, 0.05) is 23.9 Å². The number of H-pyrrole nitrogens is 1. The number of para-hydroxylation sites is 1. The van der Waals surface area contributed by atoms with Crippen LogP contribution < -0.4 is 5.32 Å². The van der Waals surface area contributed by atoms with E-state index in [1.54, 1.807) is 0 Å². The Hall–Kier alpha value is -1.87. The van der Waals surface area contributed by atoms with E-state index in [1.165, 1.54) is 0 Å². The first-order valence-electron chi connectivity index (χ1n) is 7.64. The number of benzene rings is 1. The average Bonchev–Trinajstić information content (AvgIpc) is 2.85. The summed E-state index contributed by atoms with van der Waals surface area (Å²) in [5, 5.41) is 4.52. The maximum Gasteiger partial charge on any atom is 0.179 e. The van der Waals surface area contributed by atoms with Gasteiger partial charge in [-0.3, -0.25) is 4.79 Å². The number of carbonyl (C=O) groups excluding carboxylic acids is 1. The predicted octanol–water partition coefficient (Wildman–Crippen LogP) is 3.46. The summed E-state index contributed by atoms with van der Waals surface area (Å²) in [4.78, 5) is 16.0. The van der Waals surface area contributed by atoms with Crippen LogP contribution in [0, 0.1) is 18.8 Å². The van der Waals surface area contributed by atoms with Crippen LogP contribution in [0.3, 0.4) is 0 Å². The van der Waals surface area contributed by atoms with Crippen LogP contribution in [0.5, 0.6) is 0 Å². The van der Waals surface area contributed by atoms with E-state index in [-0.39, 0.29) is 5.78 Å². The number of fused-ring (bicyclic) bond motifs is 1. The molecule has 0 saturated carbocycles. The van der Waals surface area contributed by atoms with Crippen molar-refractivity contribution in [1.29, 1.82) is 0 Å². The lowest BCUT2D eigenvalue weighted by atomic mass is 9.82. The molecule has 110 valence electrons. The molecule has 3 nitrogen and oxygen atoms in total. The number of aromatic amines is 1. The van der Waals surface area contributed by atoms with Crippen LogP contribution in [0.4, 0.5) is 0 Å². The first kappa shape index (κ1) is 14.1. The third-order valence-electron chi connectivity index (χ3n) is 4.67. The Morgan fingerprint density at radius 2 is 2.24 bits per heavy atom. The van der Waals surface area contributed by atoms with Crippen molar-refractivity contribution in [3.63, 3.8) is 0 Å². The molecule has 2 N–H and O–H groups in total. The van der Waals surface area contributed by atoms with Crippen molar-refractivity contribution in [1.82, 2.24) is 10.3 Å². The fourth-order valence-electron chi connectivity index (χ4n) is 3.37. The molecule has 21 heavy (non-hydrogen) atoms. The summed E-state index contributed by atoms with van der Waals surface area (Å²) in [6, 6.07) is 8.09. The van der Waals surface area contributed by atoms with E-state index >= 15 is 0 Å². The van der Waals surface area contributed by atoms with E-state index in [9.17, 15) is 4.79 Å². The van der Waals surface area contributed by atoms with Crippen molar-refractivity contribution in [3.05, 3.63) is 48.2 Å². The van der Waals surface area contributed by atoms with Crippen molar-refractivity contribution in [2.75, 3.05) is 13.1 Å². The molecule has 0 unspecified atom stereocenters. The lowest BCUT2D eigenvalue weighted by Crippen LogP contribution is -2.36. The Morgan fingerprint density at radius 1 is 1.43 bits per heavy atom. The molecule has 1 aliphatic rings. The number of nitrogens with one attached hydrogen (secondary N) is 2. The van der Waals surface area contributed by atoms with Crippen LogP contribution in [-0.2, 0) is 0 Å². The molecule has 0 spiro atoms. The maximum absolute atomic E-state index is 12.7. The highest BCUT2D eigenvalue weighted by molar-refractivity contribution is 6.02. The van der Waals surface area contributed by atoms with E-state index in [1.807, 2.05) is 31.2 Å². The molecule has 1 fully saturated rings. The number of rotatable bonds is 4. The van der Waals surface area contributed by atoms with Crippen LogP contribution in [0.2, 0.25) is 0 Å². The molecule has 2 heterocycles. The van der Waals surface area contributed by atoms with Crippen molar-refractivity contribution >= 4 is 16.7 Å². The highest BCUT2D eigenvalue weighted by Gasteiger charge is 2.26. The van der Waals surface area contributed by atoms with Crippen molar-refractivity contribution in [2.24, 2.45) is 11.8 Å². The molecule has 2 atom stereocenters. The molecule has 3 heteroatoms. The molecule has 0 radical (unpaired) electrons. The van der Waals surface area contributed by atoms with Crippen LogP contribution in [0.15, 0.2) is 36.9 Å². The van der Waals surface area contributed by atoms with Crippen LogP contribution >= 0.6 is 0 Å². The highest BCUT2D eigenvalue weighted by Crippen LogP contribution is 2.28. The average molecular weight is 282 g/mol. The first-order valence-corrected chi connectivity index (χ1v) is 7.64. The largest absolute Gasteiger partial charge is 0.352 e. The van der Waals surface area contributed by atoms with Gasteiger partial charge in [-0.1, -0.05) is 24.3 Å². The summed E-state index contributed by atoms with van der Waals surface area (Å²) < 4.78 is 0. The molecule has 1 aromatic carbocycles. The van der Waals surface area contributed by atoms with Gasteiger partial charge in [0.1, 0.15) is 0 Å². The Kier molecular flexibility index (Phi) is 3.93. The van der Waals surface area contributed by atoms with Gasteiger partial charge in [0.2, 0.25) is 0 Å². The number of aromatic nitrogens is 1. The van der Waals surface area contributed by atoms with Crippen molar-refractivity contribution in [3.8, 4) is 0 Å². The van der Waals surface area contributed by atoms with E-state index < -0.39 is 0 Å². The Labute approximate surface area is 125 Å². The molecule has 0 bridgehead atoms. The molecule has 0 amide bonds. The fraction of sp³-hybridized carbons (Fsp3) is 0.389. The second kappa shape index (κ2) is 5.86. The SMILES string of the molecule is C=C[C@H]1CNCC[C@H]1CC(=O)c1[nH]c2ccccc2c1C. The van der Waals surface area contributed by atoms with Crippen molar-refractivity contribution in [2.45, 2.75) is 19.8 Å². The lowest BCUT2D eigenvalue weighted by molar-refractivity contribution is 0.0935. The van der Waals surface area contributed by atoms with E-state index in [4.69, 9.17) is 0 Å². The number of aryl methyl sites for hydroxylation is 1. The summed E-state index contributed by atoms with van der Waals surface area (Å²) in [7, 11) is 0. The number of hydrogen-bond donors (Lipinski definition) is 2. The standard InChI is InChI=1S/C18H22N2O/c1-3-13-11-19-9-8-14(13)10-17(21)18-12(2)15-6-4-5-7-16(15)20-18/h3-7,13-14,19-20H,1,8-11H2,2H3/t13-,14-/m0/s1. The van der Waals surface area contributed by atoms with Crippen LogP contribution in [0.1, 0.15) is 28.9 Å². The molecule has 1 aromatic heterocycles. The second-order valence-electron chi connectivity index (χ2n) is 5.95. The first-order chi connectivity index (χ1) is 10.2. The van der Waals surface area contributed by atoms with Gasteiger partial charge in [-0.25, -0.2) is 0 Å². The van der Waals surface area contributed by atoms with E-state index in [0.717, 1.165) is 41.7 Å². The van der Waals surface area contributed by atoms with E-state index in [2.05, 4.69) is 22.9 Å². The summed E-state index contributed by atoms with van der Waals surface area (Å²) in [6.45, 7) is 7.87. The number of hydrogen-bond acceptors (Lipinski definition) is 2. The minimum absolute atomic E-state index is 0.224. The molecular formula is C18H22N2O. The zero-order valence-electron chi connectivity index (χ0n) is 12.5. The quantitative estimate of drug-likeness (QED) is 0.666. The molecule has 3 rings (SSSR count). The number of ketones is 1. The summed E-state index contributed by atoms with van der Waals surface area (Å²) in [5.74, 6) is 1.02. The Balaban J connectivity index is 1.83. The van der Waals surface area contributed by atoms with Gasteiger partial charge in [0.15, 0.2) is 5.78 Å². The summed E-state index contributed by atoms with van der Waals surface area (Å²) >= 11 is 0. The van der Waals surface area contributed by atoms with Gasteiger partial charge in [0.25, 0.3) is 0 Å². The molecule has 0 aliphatic carbocycles. The lowest BCUT2D eigenvalue weighted by Gasteiger charge is -2.29. The third-order valence-corrected chi connectivity index (χ3v) is 4.67. The van der Waals surface area contributed by atoms with Gasteiger partial charge in [0.05, 0.1) is 5.69 Å². The smallest absolute Gasteiger partial charge is 0.179 e. The maximum atomic E-state index is 12.7. The molecule has 2 aromatic rings. The fourth-order valence-corrected chi connectivity index (χ4v) is 3.37. The van der Waals surface area contributed by atoms with Crippen LogP contribution in [0.25, 0.3) is 10.9 Å². The molecular weight excluding hydrogens is 260 g/mol. The molecule has 1 aliphatic heterocycles. The zero-order chi connectivity index (χ0) is 14.8. The minimum atomic E-state index is 0.224. The monoisotopic (exact) mass is 282 g/mol.